The first-order valence-corrected chi connectivity index (χ1v) is 10.1. The molecule has 0 fully saturated rings. The van der Waals surface area contributed by atoms with Crippen LogP contribution in [-0.4, -0.2) is 35.2 Å². The van der Waals surface area contributed by atoms with Gasteiger partial charge in [-0.3, -0.25) is 4.79 Å². The van der Waals surface area contributed by atoms with Gasteiger partial charge in [0.15, 0.2) is 0 Å². The van der Waals surface area contributed by atoms with Gasteiger partial charge in [0.2, 0.25) is 0 Å². The van der Waals surface area contributed by atoms with Crippen molar-refractivity contribution in [3.05, 3.63) is 5.73 Å². The van der Waals surface area contributed by atoms with Gasteiger partial charge in [-0.25, -0.2) is 0 Å². The molecule has 0 spiro atoms. The standard InChI is InChI=1S/C5H11N2O2S.2ClH.Pt/c6-1-2-10-3-4(7)5(8)9;;;/h4,7H,1-3,6H2,(H,8,9);2*1H;/q-1;;;+2/p-1. The second kappa shape index (κ2) is 13.0. The molecule has 84 valence electrons. The molecule has 1 unspecified atom stereocenters. The molecule has 0 heterocycles. The normalized spacial score (nSPS) is 11.7. The number of aliphatic carboxylic acids is 1. The molecule has 4 N–H and O–H groups in total. The molecule has 0 aliphatic heterocycles. The zero-order valence-corrected chi connectivity index (χ0v) is 11.3. The number of hydrogen-bond donors (Lipinski definition) is 2. The van der Waals surface area contributed by atoms with Crippen molar-refractivity contribution in [2.45, 2.75) is 6.04 Å². The van der Waals surface area contributed by atoms with Crippen LogP contribution in [0.2, 0.25) is 0 Å². The van der Waals surface area contributed by atoms with Gasteiger partial charge < -0.3 is 16.6 Å². The monoisotopic (exact) mass is 429 g/mol. The second-order valence-corrected chi connectivity index (χ2v) is 6.40. The van der Waals surface area contributed by atoms with Gasteiger partial charge in [-0.15, -0.1) is 0 Å². The maximum absolute atomic E-state index is 10.1. The quantitative estimate of drug-likeness (QED) is 0.382. The van der Waals surface area contributed by atoms with Crippen molar-refractivity contribution in [2.75, 3.05) is 18.1 Å². The first-order valence-electron chi connectivity index (χ1n) is 3.19. The molecule has 0 aliphatic carbocycles. The summed E-state index contributed by atoms with van der Waals surface area (Å²) >= 11 is 0.482. The third-order valence-corrected chi connectivity index (χ3v) is 2.09. The van der Waals surface area contributed by atoms with E-state index in [1.165, 1.54) is 0 Å². The molecule has 0 rings (SSSR count). The number of carboxylic acids is 1. The first kappa shape index (κ1) is 16.4. The predicted molar refractivity (Wildman–Crippen MR) is 55.0 cm³/mol. The summed E-state index contributed by atoms with van der Waals surface area (Å²) in [4.78, 5) is 10.1. The number of thiol groups is 1. The summed E-state index contributed by atoms with van der Waals surface area (Å²) in [6, 6.07) is -0.979. The number of carboxylic acid groups (broad SMARTS) is 1. The Labute approximate surface area is 98.1 Å². The minimum atomic E-state index is -1.05. The van der Waals surface area contributed by atoms with Crippen molar-refractivity contribution in [3.8, 4) is 0 Å². The molecule has 0 amide bonds. The maximum Gasteiger partial charge on any atom is 0.290 e. The van der Waals surface area contributed by atoms with E-state index >= 15 is 0 Å². The SMILES string of the molecule is [Cl][Pt][Cl].[NH-]C(C[SH+]CCN)C(=O)O. The minimum absolute atomic E-state index is 0.381. The number of nitrogens with two attached hydrogens (primary N) is 1. The van der Waals surface area contributed by atoms with Crippen LogP contribution in [0.4, 0.5) is 0 Å². The van der Waals surface area contributed by atoms with Crippen LogP contribution in [0.1, 0.15) is 0 Å². The topological polar surface area (TPSA) is 87.1 Å². The molecule has 0 aliphatic rings. The molecule has 0 radical (unpaired) electrons. The molecular weight excluding hydrogens is 418 g/mol. The third-order valence-electron chi connectivity index (χ3n) is 0.897. The Morgan fingerprint density at radius 2 is 2.15 bits per heavy atom. The number of halogens is 2. The van der Waals surface area contributed by atoms with Crippen molar-refractivity contribution in [2.24, 2.45) is 5.73 Å². The van der Waals surface area contributed by atoms with Gasteiger partial charge in [0.25, 0.3) is 5.97 Å². The van der Waals surface area contributed by atoms with Gasteiger partial charge in [-0.1, -0.05) is 0 Å². The summed E-state index contributed by atoms with van der Waals surface area (Å²) in [7, 11) is 9.75. The predicted octanol–water partition coefficient (Wildman–Crippen LogP) is 0.642. The van der Waals surface area contributed by atoms with E-state index in [0.29, 0.717) is 12.3 Å². The number of rotatable bonds is 5. The fraction of sp³-hybridized carbons (Fsp3) is 0.800. The van der Waals surface area contributed by atoms with Crippen molar-refractivity contribution in [1.82, 2.24) is 0 Å². The van der Waals surface area contributed by atoms with Crippen LogP contribution in [-0.2, 0) is 33.0 Å². The average Bonchev–Trinajstić information content (AvgIpc) is 2.06. The fourth-order valence-electron chi connectivity index (χ4n) is 0.390. The molecule has 0 bridgehead atoms. The molecule has 0 aromatic rings. The number of carbonyl (C=O) groups is 1. The molecule has 0 aromatic carbocycles. The van der Waals surface area contributed by atoms with Crippen LogP contribution in [0.25, 0.3) is 5.73 Å². The Bertz CT molecular complexity index is 133. The molecule has 1 atom stereocenters. The number of hydrogen-bond acceptors (Lipinski definition) is 2. The van der Waals surface area contributed by atoms with Crippen molar-refractivity contribution >= 4 is 36.6 Å². The van der Waals surface area contributed by atoms with Gasteiger partial charge in [0, 0.05) is 12.6 Å². The van der Waals surface area contributed by atoms with Gasteiger partial charge >= 0.3 is 35.3 Å². The van der Waals surface area contributed by atoms with Crippen molar-refractivity contribution < 1.29 is 26.4 Å². The molecule has 4 nitrogen and oxygen atoms in total. The van der Waals surface area contributed by atoms with Crippen LogP contribution in [0, 0.1) is 0 Å². The van der Waals surface area contributed by atoms with Crippen LogP contribution in [0.5, 0.6) is 0 Å². The van der Waals surface area contributed by atoms with E-state index in [0.717, 1.165) is 17.5 Å². The van der Waals surface area contributed by atoms with Crippen LogP contribution >= 0.6 is 18.8 Å². The summed E-state index contributed by atoms with van der Waals surface area (Å²) in [6.45, 7) is 0.563. The van der Waals surface area contributed by atoms with Crippen LogP contribution in [0.3, 0.4) is 0 Å². The Hall–Kier alpha value is 1.01. The summed E-state index contributed by atoms with van der Waals surface area (Å²) in [5.74, 6) is 0.111. The largest absolute Gasteiger partial charge is 0.661 e. The second-order valence-electron chi connectivity index (χ2n) is 1.85. The fourth-order valence-corrected chi connectivity index (χ4v) is 1.17. The molecule has 0 saturated heterocycles. The van der Waals surface area contributed by atoms with E-state index in [-0.39, 0.29) is 0 Å². The van der Waals surface area contributed by atoms with E-state index in [1.807, 2.05) is 0 Å². The average molecular weight is 430 g/mol. The Morgan fingerprint density at radius 1 is 1.69 bits per heavy atom. The molecular formula is C5H12Cl2N2O2PtS. The van der Waals surface area contributed by atoms with Crippen LogP contribution < -0.4 is 5.73 Å². The maximum atomic E-state index is 10.1. The van der Waals surface area contributed by atoms with E-state index in [2.05, 4.69) is 0 Å². The Balaban J connectivity index is 0. The van der Waals surface area contributed by atoms with Crippen molar-refractivity contribution in [1.29, 1.82) is 0 Å². The molecule has 8 heteroatoms. The first-order chi connectivity index (χ1) is 6.09. The van der Waals surface area contributed by atoms with Gasteiger partial charge in [0.05, 0.1) is 5.75 Å². The summed E-state index contributed by atoms with van der Waals surface area (Å²) < 4.78 is 0. The van der Waals surface area contributed by atoms with E-state index in [4.69, 9.17) is 35.4 Å². The van der Waals surface area contributed by atoms with E-state index in [9.17, 15) is 4.79 Å². The zero-order chi connectivity index (χ0) is 10.7. The van der Waals surface area contributed by atoms with Gasteiger partial charge in [-0.2, -0.15) is 0 Å². The van der Waals surface area contributed by atoms with Gasteiger partial charge in [0.1, 0.15) is 5.75 Å². The van der Waals surface area contributed by atoms with Gasteiger partial charge in [-0.05, 0) is 11.8 Å². The molecule has 13 heavy (non-hydrogen) atoms. The summed E-state index contributed by atoms with van der Waals surface area (Å²) in [5, 5.41) is 8.26. The third kappa shape index (κ3) is 15.7. The Morgan fingerprint density at radius 3 is 2.46 bits per heavy atom. The Kier molecular flexibility index (Phi) is 16.4. The van der Waals surface area contributed by atoms with Crippen molar-refractivity contribution in [3.63, 3.8) is 0 Å². The van der Waals surface area contributed by atoms with E-state index < -0.39 is 28.5 Å². The molecule has 0 saturated carbocycles. The molecule has 0 aromatic heterocycles. The zero-order valence-electron chi connectivity index (χ0n) is 6.65. The minimum Gasteiger partial charge on any atom is -0.661 e. The van der Waals surface area contributed by atoms with E-state index in [1.54, 1.807) is 0 Å². The summed E-state index contributed by atoms with van der Waals surface area (Å²) in [5.41, 5.74) is 12.1. The summed E-state index contributed by atoms with van der Waals surface area (Å²) in [6.07, 6.45) is 0. The van der Waals surface area contributed by atoms with Crippen LogP contribution in [0.15, 0.2) is 0 Å². The number of nitrogens with one attached hydrogen (secondary N) is 1. The smallest absolute Gasteiger partial charge is 0.290 e.